The number of nitrogens with two attached hydrogens (primary N) is 1. The molecular weight excluding hydrogens is 290 g/mol. The predicted octanol–water partition coefficient (Wildman–Crippen LogP) is -0.711. The quantitative estimate of drug-likeness (QED) is 0.313. The van der Waals surface area contributed by atoms with Crippen LogP contribution in [0.25, 0.3) is 5.84 Å². The van der Waals surface area contributed by atoms with Crippen molar-refractivity contribution in [2.75, 3.05) is 0 Å². The molecule has 0 unspecified atom stereocenters. The minimum absolute atomic E-state index is 0. The van der Waals surface area contributed by atoms with Crippen molar-refractivity contribution in [1.29, 1.82) is 0 Å². The van der Waals surface area contributed by atoms with E-state index in [0.717, 1.165) is 0 Å². The molecule has 0 amide bonds. The van der Waals surface area contributed by atoms with Gasteiger partial charge < -0.3 is 16.7 Å². The molecule has 4 nitrogen and oxygen atoms in total. The van der Waals surface area contributed by atoms with Crippen molar-refractivity contribution >= 4 is 17.3 Å². The molecule has 0 rings (SSSR count). The van der Waals surface area contributed by atoms with Crippen LogP contribution in [0, 0.1) is 0 Å². The van der Waals surface area contributed by atoms with E-state index in [1.165, 1.54) is 0 Å². The summed E-state index contributed by atoms with van der Waals surface area (Å²) in [5.41, 5.74) is 3.91. The Morgan fingerprint density at radius 2 is 2.14 bits per heavy atom. The van der Waals surface area contributed by atoms with Crippen LogP contribution < -0.4 is 16.7 Å². The zero-order valence-electron chi connectivity index (χ0n) is 3.34. The molecule has 5 N–H and O–H groups in total. The van der Waals surface area contributed by atoms with Gasteiger partial charge in [0.05, 0.1) is 0 Å². The molecule has 0 spiro atoms. The number of nitrogens with one attached hydrogen (secondary N) is 3. The number of rotatable bonds is 0. The van der Waals surface area contributed by atoms with Gasteiger partial charge in [0.1, 0.15) is 0 Å². The second kappa shape index (κ2) is 6.25. The van der Waals surface area contributed by atoms with Crippen molar-refractivity contribution in [2.24, 2.45) is 5.84 Å². The van der Waals surface area contributed by atoms with Gasteiger partial charge in [-0.3, -0.25) is 0 Å². The first-order valence-electron chi connectivity index (χ1n) is 1.24. The Kier molecular flexibility index (Phi) is 9.17. The molecule has 0 heterocycles. The van der Waals surface area contributed by atoms with Gasteiger partial charge >= 0.3 is 19.8 Å². The van der Waals surface area contributed by atoms with E-state index < -0.39 is 0 Å². The smallest absolute Gasteiger partial charge is 0.584 e. The topological polar surface area (TPSA) is 73.9 Å². The Hall–Kier alpha value is 0.246. The van der Waals surface area contributed by atoms with Crippen molar-refractivity contribution in [1.82, 2.24) is 10.9 Å². The van der Waals surface area contributed by atoms with E-state index >= 15 is 0 Å². The molecule has 6 heteroatoms. The Morgan fingerprint density at radius 1 is 1.71 bits per heavy atom. The monoisotopic (exact) mass is 297 g/mol. The van der Waals surface area contributed by atoms with Crippen LogP contribution in [-0.2, 0) is 19.8 Å². The molecule has 7 heavy (non-hydrogen) atoms. The molecule has 43 valence electrons. The van der Waals surface area contributed by atoms with Gasteiger partial charge in [-0.2, -0.15) is 0 Å². The Balaban J connectivity index is 0. The molecule has 0 aromatic carbocycles. The SMILES string of the molecule is [NH-]NC(=S)NN.[Os+]. The summed E-state index contributed by atoms with van der Waals surface area (Å²) in [4.78, 5) is 0. The second-order valence-electron chi connectivity index (χ2n) is 0.598. The molecule has 0 bridgehead atoms. The first-order valence-corrected chi connectivity index (χ1v) is 1.65. The third-order valence-corrected chi connectivity index (χ3v) is 0.465. The maximum Gasteiger partial charge on any atom is 1.00 e. The largest absolute Gasteiger partial charge is 1.00 e. The van der Waals surface area contributed by atoms with E-state index in [-0.39, 0.29) is 24.9 Å². The number of hydrazine groups is 1. The van der Waals surface area contributed by atoms with Gasteiger partial charge in [-0.1, -0.05) is 0 Å². The summed E-state index contributed by atoms with van der Waals surface area (Å²) < 4.78 is 0. The zero-order valence-corrected chi connectivity index (χ0v) is 6.70. The van der Waals surface area contributed by atoms with Crippen molar-refractivity contribution < 1.29 is 19.8 Å². The molecular formula is CH5N4OsS. The average Bonchev–Trinajstić information content (AvgIpc) is 1.65. The van der Waals surface area contributed by atoms with E-state index in [9.17, 15) is 0 Å². The van der Waals surface area contributed by atoms with E-state index in [0.29, 0.717) is 0 Å². The molecule has 0 aliphatic heterocycles. The number of hydrogen-bond donors (Lipinski definition) is 3. The van der Waals surface area contributed by atoms with Crippen LogP contribution in [0.2, 0.25) is 0 Å². The fourth-order valence-electron chi connectivity index (χ4n) is 0.0361. The normalized spacial score (nSPS) is 6.00. The fraction of sp³-hybridized carbons (Fsp3) is 0. The number of thiocarbonyl (C=S) groups is 1. The number of hydrogen-bond acceptors (Lipinski definition) is 2. The molecule has 0 fully saturated rings. The van der Waals surface area contributed by atoms with Crippen LogP contribution in [0.15, 0.2) is 0 Å². The van der Waals surface area contributed by atoms with Crippen LogP contribution in [-0.4, -0.2) is 5.11 Å². The zero-order chi connectivity index (χ0) is 4.99. The van der Waals surface area contributed by atoms with Crippen LogP contribution in [0.4, 0.5) is 0 Å². The maximum atomic E-state index is 6.27. The van der Waals surface area contributed by atoms with E-state index in [1.54, 1.807) is 0 Å². The van der Waals surface area contributed by atoms with Crippen molar-refractivity contribution in [2.45, 2.75) is 0 Å². The summed E-state index contributed by atoms with van der Waals surface area (Å²) in [7, 11) is 0. The van der Waals surface area contributed by atoms with Gasteiger partial charge in [-0.05, 0) is 12.2 Å². The van der Waals surface area contributed by atoms with Gasteiger partial charge in [0.2, 0.25) is 0 Å². The van der Waals surface area contributed by atoms with Crippen LogP contribution in [0.3, 0.4) is 0 Å². The van der Waals surface area contributed by atoms with E-state index in [1.807, 2.05) is 10.9 Å². The minimum atomic E-state index is 0. The molecule has 0 atom stereocenters. The summed E-state index contributed by atoms with van der Waals surface area (Å²) in [5, 5.41) is 0.120. The Labute approximate surface area is 60.0 Å². The minimum Gasteiger partial charge on any atom is -0.584 e. The van der Waals surface area contributed by atoms with Crippen LogP contribution in [0.5, 0.6) is 0 Å². The summed E-state index contributed by atoms with van der Waals surface area (Å²) in [6, 6.07) is 0. The first kappa shape index (κ1) is 10.3. The third-order valence-electron chi connectivity index (χ3n) is 0.245. The second-order valence-corrected chi connectivity index (χ2v) is 1.01. The average molecular weight is 295 g/mol. The molecule has 1 radical (unpaired) electrons. The van der Waals surface area contributed by atoms with E-state index in [2.05, 4.69) is 12.2 Å². The standard InChI is InChI=1S/CH5N4S.Os/c2-4-1(6)5-3;/h2H,3H2,(H2,4,5,6);/q-1;+1. The maximum absolute atomic E-state index is 6.27. The molecule has 0 aromatic rings. The van der Waals surface area contributed by atoms with Crippen LogP contribution in [0.1, 0.15) is 0 Å². The van der Waals surface area contributed by atoms with Gasteiger partial charge in [0.15, 0.2) is 5.11 Å². The molecule has 0 aromatic heterocycles. The van der Waals surface area contributed by atoms with Gasteiger partial charge in [0, 0.05) is 0 Å². The Bertz CT molecular complexity index is 49.7. The van der Waals surface area contributed by atoms with Gasteiger partial charge in [-0.15, -0.1) is 0 Å². The van der Waals surface area contributed by atoms with Gasteiger partial charge in [0.25, 0.3) is 0 Å². The predicted molar refractivity (Wildman–Crippen MR) is 27.4 cm³/mol. The molecule has 0 saturated heterocycles. The molecule has 0 aliphatic rings. The third kappa shape index (κ3) is 6.25. The molecule has 0 aliphatic carbocycles. The first-order chi connectivity index (χ1) is 2.81. The van der Waals surface area contributed by atoms with Crippen molar-refractivity contribution in [3.63, 3.8) is 0 Å². The van der Waals surface area contributed by atoms with E-state index in [4.69, 9.17) is 11.7 Å². The van der Waals surface area contributed by atoms with Crippen LogP contribution >= 0.6 is 12.2 Å². The summed E-state index contributed by atoms with van der Waals surface area (Å²) >= 11 is 4.32. The van der Waals surface area contributed by atoms with Crippen molar-refractivity contribution in [3.05, 3.63) is 5.84 Å². The summed E-state index contributed by atoms with van der Waals surface area (Å²) in [5.74, 6) is 11.0. The summed E-state index contributed by atoms with van der Waals surface area (Å²) in [6.07, 6.45) is 0. The summed E-state index contributed by atoms with van der Waals surface area (Å²) in [6.45, 7) is 0. The molecule has 0 saturated carbocycles. The van der Waals surface area contributed by atoms with Crippen molar-refractivity contribution in [3.8, 4) is 0 Å². The van der Waals surface area contributed by atoms with Gasteiger partial charge in [-0.25, -0.2) is 5.84 Å². The Morgan fingerprint density at radius 3 is 2.14 bits per heavy atom. The fourth-order valence-corrected chi connectivity index (χ4v) is 0.0361.